The molecule has 3 heterocycles. The maximum atomic E-state index is 14.3. The normalized spacial score (nSPS) is 14.7. The molecule has 0 N–H and O–H groups in total. The highest BCUT2D eigenvalue weighted by Gasteiger charge is 2.32. The van der Waals surface area contributed by atoms with Gasteiger partial charge in [0.25, 0.3) is 0 Å². The summed E-state index contributed by atoms with van der Waals surface area (Å²) in [6.07, 6.45) is 0. The fraction of sp³-hybridized carbons (Fsp3) is 0.148. The molecule has 1 aliphatic heterocycles. The van der Waals surface area contributed by atoms with Crippen molar-refractivity contribution in [2.24, 2.45) is 0 Å². The summed E-state index contributed by atoms with van der Waals surface area (Å²) in [6, 6.07) is 22.0. The maximum absolute atomic E-state index is 14.3. The van der Waals surface area contributed by atoms with Crippen LogP contribution in [0.25, 0.3) is 34.1 Å². The number of rotatable bonds is 5. The number of benzene rings is 3. The molecule has 38 heavy (non-hydrogen) atoms. The lowest BCUT2D eigenvalue weighted by atomic mass is 10.2. The van der Waals surface area contributed by atoms with E-state index < -0.39 is 15.8 Å². The summed E-state index contributed by atoms with van der Waals surface area (Å²) in [5.41, 5.74) is 2.35. The van der Waals surface area contributed by atoms with Crippen molar-refractivity contribution in [3.05, 3.63) is 89.7 Å². The Hall–Kier alpha value is -3.86. The van der Waals surface area contributed by atoms with E-state index in [9.17, 15) is 12.8 Å². The highest BCUT2D eigenvalue weighted by Crippen LogP contribution is 2.33. The third-order valence-corrected chi connectivity index (χ3v) is 8.54. The van der Waals surface area contributed by atoms with Crippen LogP contribution >= 0.6 is 11.6 Å². The molecular weight excluding hydrogens is 529 g/mol. The molecule has 0 bridgehead atoms. The van der Waals surface area contributed by atoms with E-state index in [2.05, 4.69) is 9.97 Å². The minimum absolute atomic E-state index is 0.151. The van der Waals surface area contributed by atoms with Gasteiger partial charge in [-0.2, -0.15) is 9.29 Å². The van der Waals surface area contributed by atoms with Crippen molar-refractivity contribution in [3.8, 4) is 22.8 Å². The Morgan fingerprint density at radius 2 is 1.47 bits per heavy atom. The molecule has 0 unspecified atom stereocenters. The van der Waals surface area contributed by atoms with E-state index >= 15 is 0 Å². The molecule has 1 saturated heterocycles. The van der Waals surface area contributed by atoms with E-state index in [1.54, 1.807) is 12.1 Å². The maximum Gasteiger partial charge on any atom is 0.246 e. The zero-order chi connectivity index (χ0) is 26.3. The molecule has 1 aliphatic rings. The molecule has 5 aromatic rings. The van der Waals surface area contributed by atoms with Crippen molar-refractivity contribution >= 4 is 38.7 Å². The first-order chi connectivity index (χ1) is 18.4. The monoisotopic (exact) mass is 549 g/mol. The summed E-state index contributed by atoms with van der Waals surface area (Å²) >= 11 is 6.07. The second-order valence-corrected chi connectivity index (χ2v) is 11.1. The number of fused-ring (bicyclic) bond motifs is 1. The van der Waals surface area contributed by atoms with Gasteiger partial charge in [-0.3, -0.25) is 0 Å². The van der Waals surface area contributed by atoms with Crippen LogP contribution in [0.4, 0.5) is 10.2 Å². The van der Waals surface area contributed by atoms with Crippen molar-refractivity contribution < 1.29 is 17.2 Å². The molecule has 6 rings (SSSR count). The first-order valence-corrected chi connectivity index (χ1v) is 13.7. The van der Waals surface area contributed by atoms with Crippen molar-refractivity contribution in [3.63, 3.8) is 0 Å². The standard InChI is InChI=1S/C27H21ClFN5O3S/c28-20-12-10-18(11-13-20)24-30-25-23(37-27(32-25)19-6-2-1-3-7-19)26(31-24)33-14-16-34(17-15-33)38(35,36)22-9-5-4-8-21(22)29/h1-13H,14-17H2. The number of halogens is 2. The second kappa shape index (κ2) is 9.79. The predicted octanol–water partition coefficient (Wildman–Crippen LogP) is 5.26. The molecule has 8 nitrogen and oxygen atoms in total. The lowest BCUT2D eigenvalue weighted by molar-refractivity contribution is 0.381. The Morgan fingerprint density at radius 3 is 2.18 bits per heavy atom. The zero-order valence-electron chi connectivity index (χ0n) is 20.0. The van der Waals surface area contributed by atoms with Gasteiger partial charge in [-0.15, -0.1) is 0 Å². The molecule has 3 aromatic carbocycles. The molecule has 0 saturated carbocycles. The lowest BCUT2D eigenvalue weighted by Crippen LogP contribution is -2.49. The Bertz CT molecular complexity index is 1720. The number of oxazole rings is 1. The molecule has 2 aromatic heterocycles. The van der Waals surface area contributed by atoms with Gasteiger partial charge in [0.1, 0.15) is 10.7 Å². The number of nitrogens with zero attached hydrogens (tertiary/aromatic N) is 5. The highest BCUT2D eigenvalue weighted by molar-refractivity contribution is 7.89. The third-order valence-electron chi connectivity index (χ3n) is 6.35. The van der Waals surface area contributed by atoms with Gasteiger partial charge in [0.2, 0.25) is 27.1 Å². The fourth-order valence-electron chi connectivity index (χ4n) is 4.39. The number of sulfonamides is 1. The van der Waals surface area contributed by atoms with Crippen LogP contribution in [0.3, 0.4) is 0 Å². The molecule has 11 heteroatoms. The SMILES string of the molecule is O=S(=O)(c1ccccc1F)N1CCN(c2nc(-c3ccc(Cl)cc3)nc3nc(-c4ccccc4)oc23)CC1. The van der Waals surface area contributed by atoms with Crippen LogP contribution in [0.5, 0.6) is 0 Å². The fourth-order valence-corrected chi connectivity index (χ4v) is 6.00. The van der Waals surface area contributed by atoms with E-state index in [1.807, 2.05) is 47.4 Å². The van der Waals surface area contributed by atoms with Crippen LogP contribution < -0.4 is 4.90 Å². The van der Waals surface area contributed by atoms with E-state index in [-0.39, 0.29) is 18.0 Å². The number of piperazine rings is 1. The minimum atomic E-state index is -3.98. The zero-order valence-corrected chi connectivity index (χ0v) is 21.5. The van der Waals surface area contributed by atoms with Crippen LogP contribution in [0, 0.1) is 5.82 Å². The van der Waals surface area contributed by atoms with E-state index in [1.165, 1.54) is 22.5 Å². The van der Waals surface area contributed by atoms with E-state index in [0.717, 1.165) is 17.2 Å². The average Bonchev–Trinajstić information content (AvgIpc) is 3.38. The minimum Gasteiger partial charge on any atom is -0.430 e. The van der Waals surface area contributed by atoms with Crippen LogP contribution in [-0.4, -0.2) is 53.9 Å². The molecule has 0 spiro atoms. The Balaban J connectivity index is 1.37. The third kappa shape index (κ3) is 4.51. The van der Waals surface area contributed by atoms with Gasteiger partial charge in [0.05, 0.1) is 0 Å². The Morgan fingerprint density at radius 1 is 0.789 bits per heavy atom. The quantitative estimate of drug-likeness (QED) is 0.295. The highest BCUT2D eigenvalue weighted by atomic mass is 35.5. The summed E-state index contributed by atoms with van der Waals surface area (Å²) in [4.78, 5) is 15.7. The van der Waals surface area contributed by atoms with Gasteiger partial charge >= 0.3 is 0 Å². The van der Waals surface area contributed by atoms with Gasteiger partial charge in [-0.25, -0.2) is 22.8 Å². The summed E-state index contributed by atoms with van der Waals surface area (Å²) < 4.78 is 47.9. The summed E-state index contributed by atoms with van der Waals surface area (Å²) in [5.74, 6) is 0.594. The molecule has 0 atom stereocenters. The molecule has 192 valence electrons. The van der Waals surface area contributed by atoms with Crippen molar-refractivity contribution in [1.29, 1.82) is 0 Å². The number of anilines is 1. The molecule has 1 fully saturated rings. The topological polar surface area (TPSA) is 92.4 Å². The largest absolute Gasteiger partial charge is 0.430 e. The molecule has 0 radical (unpaired) electrons. The van der Waals surface area contributed by atoms with E-state index in [0.29, 0.717) is 46.9 Å². The number of hydrogen-bond donors (Lipinski definition) is 0. The Labute approximate surface area is 223 Å². The number of aromatic nitrogens is 3. The van der Waals surface area contributed by atoms with Gasteiger partial charge in [0, 0.05) is 42.3 Å². The summed E-state index contributed by atoms with van der Waals surface area (Å²) in [5, 5.41) is 0.593. The number of hydrogen-bond acceptors (Lipinski definition) is 7. The first-order valence-electron chi connectivity index (χ1n) is 11.9. The Kier molecular flexibility index (Phi) is 6.30. The van der Waals surface area contributed by atoms with Crippen molar-refractivity contribution in [2.75, 3.05) is 31.1 Å². The van der Waals surface area contributed by atoms with Gasteiger partial charge < -0.3 is 9.32 Å². The van der Waals surface area contributed by atoms with Crippen LogP contribution in [0.1, 0.15) is 0 Å². The molecule has 0 aliphatic carbocycles. The van der Waals surface area contributed by atoms with Crippen molar-refractivity contribution in [2.45, 2.75) is 4.90 Å². The van der Waals surface area contributed by atoms with Crippen molar-refractivity contribution in [1.82, 2.24) is 19.3 Å². The van der Waals surface area contributed by atoms with Crippen LogP contribution in [-0.2, 0) is 10.0 Å². The van der Waals surface area contributed by atoms with Crippen LogP contribution in [0.2, 0.25) is 5.02 Å². The van der Waals surface area contributed by atoms with Gasteiger partial charge in [0.15, 0.2) is 11.6 Å². The second-order valence-electron chi connectivity index (χ2n) is 8.74. The van der Waals surface area contributed by atoms with Crippen LogP contribution in [0.15, 0.2) is 88.2 Å². The lowest BCUT2D eigenvalue weighted by Gasteiger charge is -2.34. The predicted molar refractivity (Wildman–Crippen MR) is 143 cm³/mol. The van der Waals surface area contributed by atoms with Gasteiger partial charge in [-0.1, -0.05) is 41.9 Å². The van der Waals surface area contributed by atoms with E-state index in [4.69, 9.17) is 21.0 Å². The van der Waals surface area contributed by atoms with Gasteiger partial charge in [-0.05, 0) is 48.5 Å². The molecule has 0 amide bonds. The smallest absolute Gasteiger partial charge is 0.246 e. The average molecular weight is 550 g/mol. The summed E-state index contributed by atoms with van der Waals surface area (Å²) in [6.45, 7) is 0.943. The summed E-state index contributed by atoms with van der Waals surface area (Å²) in [7, 11) is -3.98. The first kappa shape index (κ1) is 24.5. The molecular formula is C27H21ClFN5O3S.